The number of rotatable bonds is 4. The largest absolute Gasteiger partial charge is 0.376 e. The van der Waals surface area contributed by atoms with Crippen molar-refractivity contribution < 1.29 is 13.2 Å². The van der Waals surface area contributed by atoms with Gasteiger partial charge in [0.2, 0.25) is 9.84 Å². The molecule has 1 saturated heterocycles. The molecule has 1 atom stereocenters. The van der Waals surface area contributed by atoms with Crippen LogP contribution in [0.25, 0.3) is 16.7 Å². The summed E-state index contributed by atoms with van der Waals surface area (Å²) in [5, 5.41) is 9.33. The van der Waals surface area contributed by atoms with E-state index < -0.39 is 15.4 Å². The maximum absolute atomic E-state index is 13.5. The number of hydrogen-bond acceptors (Lipinski definition) is 6. The normalized spacial score (nSPS) is 16.6. The standard InChI is InChI=1S/C23H21ClN4O4S/c1-14-4-9-20-26-22-18(23(29)27(20)12-14)11-19(21(25)28(22)13-16-3-2-10-32-16)33(30,31)17-7-5-15(24)6-8-17/h4-9,11-12,16,25H,2-3,10,13H2,1H3/t16-/m0/s1. The van der Waals surface area contributed by atoms with Crippen LogP contribution in [0.2, 0.25) is 5.02 Å². The van der Waals surface area contributed by atoms with Crippen LogP contribution in [0.3, 0.4) is 0 Å². The van der Waals surface area contributed by atoms with Gasteiger partial charge in [0.05, 0.1) is 22.9 Å². The third-order valence-corrected chi connectivity index (χ3v) is 7.88. The van der Waals surface area contributed by atoms with Crippen molar-refractivity contribution in [2.24, 2.45) is 0 Å². The van der Waals surface area contributed by atoms with Gasteiger partial charge in [-0.3, -0.25) is 14.6 Å². The first kappa shape index (κ1) is 21.8. The van der Waals surface area contributed by atoms with Crippen molar-refractivity contribution in [2.45, 2.75) is 42.2 Å². The minimum Gasteiger partial charge on any atom is -0.376 e. The summed E-state index contributed by atoms with van der Waals surface area (Å²) in [5.41, 5.74) is 0.916. The van der Waals surface area contributed by atoms with E-state index in [0.29, 0.717) is 17.3 Å². The highest BCUT2D eigenvalue weighted by atomic mass is 35.5. The summed E-state index contributed by atoms with van der Waals surface area (Å²) in [7, 11) is -4.10. The van der Waals surface area contributed by atoms with Crippen LogP contribution in [0.4, 0.5) is 0 Å². The maximum atomic E-state index is 13.5. The molecule has 1 aliphatic rings. The Morgan fingerprint density at radius 3 is 2.67 bits per heavy atom. The van der Waals surface area contributed by atoms with Crippen LogP contribution in [0.15, 0.2) is 63.2 Å². The molecule has 0 unspecified atom stereocenters. The predicted molar refractivity (Wildman–Crippen MR) is 123 cm³/mol. The van der Waals surface area contributed by atoms with Gasteiger partial charge in [-0.25, -0.2) is 13.4 Å². The van der Waals surface area contributed by atoms with Gasteiger partial charge in [0.25, 0.3) is 5.56 Å². The third-order valence-electron chi connectivity index (χ3n) is 5.84. The Balaban J connectivity index is 1.84. The van der Waals surface area contributed by atoms with Gasteiger partial charge in [-0.15, -0.1) is 0 Å². The topological polar surface area (TPSA) is 107 Å². The Morgan fingerprint density at radius 1 is 1.21 bits per heavy atom. The number of benzene rings is 1. The Bertz CT molecular complexity index is 1620. The van der Waals surface area contributed by atoms with E-state index in [0.717, 1.165) is 18.4 Å². The fourth-order valence-corrected chi connectivity index (χ4v) is 5.64. The zero-order valence-corrected chi connectivity index (χ0v) is 19.4. The highest BCUT2D eigenvalue weighted by Crippen LogP contribution is 2.23. The molecule has 0 aliphatic carbocycles. The van der Waals surface area contributed by atoms with Gasteiger partial charge in [0.1, 0.15) is 21.7 Å². The number of fused-ring (bicyclic) bond motifs is 2. The third kappa shape index (κ3) is 3.76. The predicted octanol–water partition coefficient (Wildman–Crippen LogP) is 3.10. The molecule has 0 saturated carbocycles. The monoisotopic (exact) mass is 484 g/mol. The SMILES string of the molecule is Cc1ccc2nc3c(cc(S(=O)(=O)c4ccc(Cl)cc4)c(=N)n3C[C@@H]3CCCO3)c(=O)n2c1. The van der Waals surface area contributed by atoms with E-state index in [-0.39, 0.29) is 39.0 Å². The zero-order chi connectivity index (χ0) is 23.3. The van der Waals surface area contributed by atoms with Crippen LogP contribution in [0.5, 0.6) is 0 Å². The van der Waals surface area contributed by atoms with Crippen LogP contribution >= 0.6 is 11.6 Å². The van der Waals surface area contributed by atoms with Crippen molar-refractivity contribution >= 4 is 38.1 Å². The molecule has 1 fully saturated rings. The highest BCUT2D eigenvalue weighted by Gasteiger charge is 2.26. The smallest absolute Gasteiger partial charge is 0.267 e. The van der Waals surface area contributed by atoms with Crippen LogP contribution in [-0.2, 0) is 21.1 Å². The van der Waals surface area contributed by atoms with Crippen molar-refractivity contribution in [2.75, 3.05) is 6.61 Å². The first-order valence-corrected chi connectivity index (χ1v) is 12.4. The molecule has 0 amide bonds. The first-order chi connectivity index (χ1) is 15.8. The number of halogens is 1. The molecule has 0 bridgehead atoms. The van der Waals surface area contributed by atoms with E-state index in [1.807, 2.05) is 13.0 Å². The number of hydrogen-bond donors (Lipinski definition) is 1. The van der Waals surface area contributed by atoms with Gasteiger partial charge in [-0.2, -0.15) is 0 Å². The van der Waals surface area contributed by atoms with Crippen molar-refractivity contribution in [3.05, 3.63) is 75.1 Å². The molecule has 4 aromatic rings. The molecule has 5 rings (SSSR count). The van der Waals surface area contributed by atoms with Gasteiger partial charge in [-0.05, 0) is 61.7 Å². The van der Waals surface area contributed by atoms with E-state index in [4.69, 9.17) is 21.7 Å². The molecule has 1 aliphatic heterocycles. The Morgan fingerprint density at radius 2 is 1.97 bits per heavy atom. The number of aromatic nitrogens is 3. The quantitative estimate of drug-likeness (QED) is 0.448. The molecule has 1 aromatic carbocycles. The lowest BCUT2D eigenvalue weighted by molar-refractivity contribution is 0.0965. The number of aryl methyl sites for hydroxylation is 1. The summed E-state index contributed by atoms with van der Waals surface area (Å²) in [5.74, 6) is 0. The summed E-state index contributed by atoms with van der Waals surface area (Å²) >= 11 is 5.92. The first-order valence-electron chi connectivity index (χ1n) is 10.5. The Labute approximate surface area is 194 Å². The Hall–Kier alpha value is -3.01. The molecule has 1 N–H and O–H groups in total. The highest BCUT2D eigenvalue weighted by molar-refractivity contribution is 7.91. The second-order valence-corrected chi connectivity index (χ2v) is 10.5. The number of nitrogens with zero attached hydrogens (tertiary/aromatic N) is 3. The fraction of sp³-hybridized carbons (Fsp3) is 0.261. The van der Waals surface area contributed by atoms with Crippen LogP contribution < -0.4 is 11.0 Å². The minimum absolute atomic E-state index is 0.00638. The van der Waals surface area contributed by atoms with E-state index in [2.05, 4.69) is 4.98 Å². The van der Waals surface area contributed by atoms with E-state index in [1.165, 1.54) is 39.3 Å². The molecule has 4 heterocycles. The summed E-state index contributed by atoms with van der Waals surface area (Å²) < 4.78 is 35.6. The molecule has 33 heavy (non-hydrogen) atoms. The van der Waals surface area contributed by atoms with Gasteiger partial charge < -0.3 is 9.30 Å². The molecule has 0 radical (unpaired) electrons. The van der Waals surface area contributed by atoms with Crippen LogP contribution in [0.1, 0.15) is 18.4 Å². The lowest BCUT2D eigenvalue weighted by Crippen LogP contribution is -2.33. The second kappa shape index (κ2) is 8.09. The zero-order valence-electron chi connectivity index (χ0n) is 17.8. The number of nitrogens with one attached hydrogen (secondary N) is 1. The Kier molecular flexibility index (Phi) is 5.35. The lowest BCUT2D eigenvalue weighted by atomic mass is 10.2. The van der Waals surface area contributed by atoms with E-state index in [9.17, 15) is 13.2 Å². The minimum atomic E-state index is -4.10. The number of ether oxygens (including phenoxy) is 1. The van der Waals surface area contributed by atoms with Crippen LogP contribution in [0, 0.1) is 12.3 Å². The summed E-state index contributed by atoms with van der Waals surface area (Å²) in [4.78, 5) is 17.8. The summed E-state index contributed by atoms with van der Waals surface area (Å²) in [6.07, 6.45) is 3.15. The maximum Gasteiger partial charge on any atom is 0.267 e. The molecule has 8 nitrogen and oxygen atoms in total. The lowest BCUT2D eigenvalue weighted by Gasteiger charge is -2.18. The molecule has 170 valence electrons. The fourth-order valence-electron chi connectivity index (χ4n) is 4.13. The van der Waals surface area contributed by atoms with Gasteiger partial charge in [-0.1, -0.05) is 17.7 Å². The number of sulfone groups is 1. The van der Waals surface area contributed by atoms with E-state index in [1.54, 1.807) is 12.3 Å². The van der Waals surface area contributed by atoms with Crippen molar-refractivity contribution in [1.82, 2.24) is 14.0 Å². The van der Waals surface area contributed by atoms with Crippen molar-refractivity contribution in [3.63, 3.8) is 0 Å². The van der Waals surface area contributed by atoms with E-state index >= 15 is 0 Å². The van der Waals surface area contributed by atoms with Crippen molar-refractivity contribution in [1.29, 1.82) is 5.41 Å². The number of pyridine rings is 2. The van der Waals surface area contributed by atoms with Gasteiger partial charge >= 0.3 is 0 Å². The van der Waals surface area contributed by atoms with Gasteiger partial charge in [0.15, 0.2) is 0 Å². The summed E-state index contributed by atoms with van der Waals surface area (Å²) in [6, 6.07) is 10.6. The van der Waals surface area contributed by atoms with Crippen LogP contribution in [-0.4, -0.2) is 35.1 Å². The molecular formula is C23H21ClN4O4S. The molecular weight excluding hydrogens is 464 g/mol. The molecule has 3 aromatic heterocycles. The molecule has 0 spiro atoms. The average Bonchev–Trinajstić information content (AvgIpc) is 3.30. The second-order valence-electron chi connectivity index (χ2n) is 8.15. The summed E-state index contributed by atoms with van der Waals surface area (Å²) in [6.45, 7) is 2.70. The average molecular weight is 485 g/mol. The molecule has 10 heteroatoms. The van der Waals surface area contributed by atoms with Crippen molar-refractivity contribution in [3.8, 4) is 0 Å². The van der Waals surface area contributed by atoms with Gasteiger partial charge in [0, 0.05) is 17.8 Å².